The molecule has 12 nitrogen and oxygen atoms in total. The fraction of sp³-hybridized carbons (Fsp3) is 0.818. The summed E-state index contributed by atoms with van der Waals surface area (Å²) in [5.41, 5.74) is 4.44. The van der Waals surface area contributed by atoms with Gasteiger partial charge in [0.05, 0.1) is 17.7 Å². The van der Waals surface area contributed by atoms with E-state index in [1.165, 1.54) is 11.8 Å². The average molecular weight is 692 g/mol. The number of carbonyl (C=O) groups is 6. The standard InChI is InChI=1S/C26H41N5O6.C5H12O.C2H3F3/c1-13(12-32)28-24(37)30-20(25(2,3)4)23(36)31-11-15-17(26(15,5)6)18(31)22(35)29-16(19(33)21(27)34)10-14-8-7-9-14;1-5(2,3)6-4;1-2(3,4)5/h12-18,20H,7-11H2,1-6H3,(H2,27,34)(H,29,35)(H2,28,30,37);1-4H3;1H3/t13?,15-,16?,17?,18?,20?;;/m0../s1. The van der Waals surface area contributed by atoms with Crippen molar-refractivity contribution in [2.24, 2.45) is 34.3 Å². The Bertz CT molecular complexity index is 1170. The number of halogens is 3. The van der Waals surface area contributed by atoms with Gasteiger partial charge < -0.3 is 36.1 Å². The Labute approximate surface area is 282 Å². The van der Waals surface area contributed by atoms with E-state index in [2.05, 4.69) is 16.0 Å². The molecule has 48 heavy (non-hydrogen) atoms. The number of hydrogen-bond acceptors (Lipinski definition) is 7. The number of alkyl halides is 3. The summed E-state index contributed by atoms with van der Waals surface area (Å²) >= 11 is 0. The van der Waals surface area contributed by atoms with Crippen LogP contribution < -0.4 is 21.7 Å². The maximum absolute atomic E-state index is 13.8. The second-order valence-corrected chi connectivity index (χ2v) is 15.7. The summed E-state index contributed by atoms with van der Waals surface area (Å²) in [4.78, 5) is 76.6. The van der Waals surface area contributed by atoms with Gasteiger partial charge in [0.15, 0.2) is 0 Å². The molecular weight excluding hydrogens is 635 g/mol. The largest absolute Gasteiger partial charge is 0.386 e. The molecule has 0 aromatic rings. The predicted molar refractivity (Wildman–Crippen MR) is 173 cm³/mol. The van der Waals surface area contributed by atoms with Crippen LogP contribution in [0.1, 0.15) is 94.9 Å². The third-order valence-electron chi connectivity index (χ3n) is 8.99. The Hall–Kier alpha value is -3.23. The zero-order valence-electron chi connectivity index (χ0n) is 30.2. The van der Waals surface area contributed by atoms with Gasteiger partial charge in [-0.15, -0.1) is 0 Å². The molecule has 0 aromatic heterocycles. The number of likely N-dealkylation sites (tertiary alicyclic amines) is 1. The van der Waals surface area contributed by atoms with Gasteiger partial charge in [0, 0.05) is 20.6 Å². The first kappa shape index (κ1) is 42.8. The van der Waals surface area contributed by atoms with Crippen LogP contribution in [0.5, 0.6) is 0 Å². The monoisotopic (exact) mass is 691 g/mol. The van der Waals surface area contributed by atoms with Crippen molar-refractivity contribution < 1.29 is 46.7 Å². The fourth-order valence-corrected chi connectivity index (χ4v) is 5.76. The van der Waals surface area contributed by atoms with Crippen molar-refractivity contribution in [1.29, 1.82) is 0 Å². The number of hydrogen-bond donors (Lipinski definition) is 4. The number of methoxy groups -OCH3 is 1. The van der Waals surface area contributed by atoms with Gasteiger partial charge >= 0.3 is 12.2 Å². The maximum Gasteiger partial charge on any atom is 0.386 e. The van der Waals surface area contributed by atoms with Crippen molar-refractivity contribution in [3.63, 3.8) is 0 Å². The molecule has 3 aliphatic rings. The molecule has 2 saturated carbocycles. The first-order valence-electron chi connectivity index (χ1n) is 16.2. The van der Waals surface area contributed by atoms with Gasteiger partial charge in [0.25, 0.3) is 5.91 Å². The minimum atomic E-state index is -4.00. The van der Waals surface area contributed by atoms with Gasteiger partial charge in [-0.1, -0.05) is 53.9 Å². The highest BCUT2D eigenvalue weighted by atomic mass is 19.4. The molecule has 3 rings (SSSR count). The molecule has 15 heteroatoms. The number of carbonyl (C=O) groups excluding carboxylic acids is 6. The van der Waals surface area contributed by atoms with Crippen molar-refractivity contribution in [1.82, 2.24) is 20.9 Å². The first-order chi connectivity index (χ1) is 21.6. The predicted octanol–water partition coefficient (Wildman–Crippen LogP) is 3.50. The molecule has 6 atom stereocenters. The fourth-order valence-electron chi connectivity index (χ4n) is 5.76. The number of amides is 5. The SMILES string of the molecule is CC(C=O)NC(=O)NC(C(=O)N1C[C@H]2C(C1C(=O)NC(CC1CCC1)C(=O)C(N)=O)C2(C)C)C(C)(C)C.CC(F)(F)F.COC(C)(C)C. The summed E-state index contributed by atoms with van der Waals surface area (Å²) in [6, 6.07) is -4.24. The van der Waals surface area contributed by atoms with Crippen molar-refractivity contribution in [2.45, 2.75) is 131 Å². The van der Waals surface area contributed by atoms with E-state index in [9.17, 15) is 41.9 Å². The van der Waals surface area contributed by atoms with Gasteiger partial charge in [-0.2, -0.15) is 13.2 Å². The zero-order chi connectivity index (χ0) is 37.6. The Morgan fingerprint density at radius 3 is 1.85 bits per heavy atom. The van der Waals surface area contributed by atoms with E-state index in [0.717, 1.165) is 19.3 Å². The number of fused-ring (bicyclic) bond motifs is 1. The third-order valence-corrected chi connectivity index (χ3v) is 8.99. The van der Waals surface area contributed by atoms with Crippen molar-refractivity contribution >= 4 is 35.8 Å². The quantitative estimate of drug-likeness (QED) is 0.200. The Morgan fingerprint density at radius 2 is 1.48 bits per heavy atom. The minimum Gasteiger partial charge on any atom is -0.379 e. The normalized spacial score (nSPS) is 23.2. The summed E-state index contributed by atoms with van der Waals surface area (Å²) in [5.74, 6) is -2.62. The number of rotatable bonds is 10. The van der Waals surface area contributed by atoms with Crippen LogP contribution in [0.2, 0.25) is 0 Å². The van der Waals surface area contributed by atoms with Gasteiger partial charge in [0.2, 0.25) is 17.6 Å². The number of ether oxygens (including phenoxy) is 1. The Morgan fingerprint density at radius 1 is 0.979 bits per heavy atom. The molecule has 5 unspecified atom stereocenters. The van der Waals surface area contributed by atoms with E-state index in [-0.39, 0.29) is 35.7 Å². The number of piperidine rings is 1. The molecule has 0 bridgehead atoms. The number of primary amides is 1. The van der Waals surface area contributed by atoms with Crippen LogP contribution in [-0.2, 0) is 28.7 Å². The molecule has 5 N–H and O–H groups in total. The van der Waals surface area contributed by atoms with Crippen LogP contribution >= 0.6 is 0 Å². The van der Waals surface area contributed by atoms with Gasteiger partial charge in [0.1, 0.15) is 18.4 Å². The lowest BCUT2D eigenvalue weighted by Gasteiger charge is -2.38. The molecule has 0 spiro atoms. The van der Waals surface area contributed by atoms with E-state index in [1.807, 2.05) is 34.6 Å². The number of ketones is 1. The molecular formula is C33H56F3N5O7. The number of aldehydes is 1. The molecule has 5 amide bonds. The van der Waals surface area contributed by atoms with Crippen LogP contribution in [0.4, 0.5) is 18.0 Å². The van der Waals surface area contributed by atoms with E-state index in [1.54, 1.807) is 27.9 Å². The van der Waals surface area contributed by atoms with E-state index in [4.69, 9.17) is 10.5 Å². The number of urea groups is 1. The molecule has 1 heterocycles. The van der Waals surface area contributed by atoms with E-state index < -0.39 is 65.3 Å². The molecule has 0 radical (unpaired) electrons. The summed E-state index contributed by atoms with van der Waals surface area (Å²) in [5, 5.41) is 7.90. The Balaban J connectivity index is 0.000000902. The van der Waals surface area contributed by atoms with Crippen LogP contribution in [-0.4, -0.2) is 90.3 Å². The number of Topliss-reactive ketones (excluding diaryl/α,β-unsaturated/α-hetero) is 1. The first-order valence-corrected chi connectivity index (χ1v) is 16.2. The maximum atomic E-state index is 13.8. The third kappa shape index (κ3) is 13.0. The minimum absolute atomic E-state index is 0.0417. The molecule has 3 fully saturated rings. The van der Waals surface area contributed by atoms with E-state index in [0.29, 0.717) is 19.3 Å². The van der Waals surface area contributed by atoms with Crippen molar-refractivity contribution in [2.75, 3.05) is 13.7 Å². The zero-order valence-corrected chi connectivity index (χ0v) is 30.2. The average Bonchev–Trinajstić information content (AvgIpc) is 3.22. The van der Waals surface area contributed by atoms with Crippen LogP contribution in [0, 0.1) is 28.6 Å². The molecule has 1 aliphatic heterocycles. The highest BCUT2D eigenvalue weighted by Crippen LogP contribution is 2.65. The lowest BCUT2D eigenvalue weighted by Crippen LogP contribution is -2.61. The summed E-state index contributed by atoms with van der Waals surface area (Å²) < 4.78 is 36.0. The van der Waals surface area contributed by atoms with Crippen LogP contribution in [0.15, 0.2) is 0 Å². The van der Waals surface area contributed by atoms with Crippen molar-refractivity contribution in [3.05, 3.63) is 0 Å². The summed E-state index contributed by atoms with van der Waals surface area (Å²) in [6.45, 7) is 17.6. The lowest BCUT2D eigenvalue weighted by atomic mass is 9.80. The lowest BCUT2D eigenvalue weighted by molar-refractivity contribution is -0.145. The van der Waals surface area contributed by atoms with Gasteiger partial charge in [-0.05, 0) is 62.7 Å². The number of nitrogens with two attached hydrogens (primary N) is 1. The highest BCUT2D eigenvalue weighted by Gasteiger charge is 2.70. The topological polar surface area (TPSA) is 177 Å². The number of nitrogens with zero attached hydrogens (tertiary/aromatic N) is 1. The van der Waals surface area contributed by atoms with Crippen LogP contribution in [0.25, 0.3) is 0 Å². The van der Waals surface area contributed by atoms with Gasteiger partial charge in [-0.25, -0.2) is 4.79 Å². The summed E-state index contributed by atoms with van der Waals surface area (Å²) in [7, 11) is 1.71. The Kier molecular flexibility index (Phi) is 14.7. The van der Waals surface area contributed by atoms with Crippen molar-refractivity contribution in [3.8, 4) is 0 Å². The highest BCUT2D eigenvalue weighted by molar-refractivity contribution is 6.37. The molecule has 276 valence electrons. The smallest absolute Gasteiger partial charge is 0.379 e. The second-order valence-electron chi connectivity index (χ2n) is 15.7. The molecule has 0 aromatic carbocycles. The second kappa shape index (κ2) is 16.4. The van der Waals surface area contributed by atoms with E-state index >= 15 is 0 Å². The van der Waals surface area contributed by atoms with Crippen LogP contribution in [0.3, 0.4) is 0 Å². The molecule has 1 saturated heterocycles. The van der Waals surface area contributed by atoms with Gasteiger partial charge in [-0.3, -0.25) is 19.2 Å². The number of nitrogens with one attached hydrogen (secondary N) is 3. The summed E-state index contributed by atoms with van der Waals surface area (Å²) in [6.07, 6.45) is -0.189. The molecule has 2 aliphatic carbocycles.